The van der Waals surface area contributed by atoms with E-state index < -0.39 is 0 Å². The molecular weight excluding hydrogens is 374 g/mol. The maximum absolute atomic E-state index is 13.2. The number of hydrogen-bond acceptors (Lipinski definition) is 7. The van der Waals surface area contributed by atoms with Crippen LogP contribution in [0.2, 0.25) is 0 Å². The zero-order valence-electron chi connectivity index (χ0n) is 16.9. The topological polar surface area (TPSA) is 70.6 Å². The van der Waals surface area contributed by atoms with Gasteiger partial charge in [-0.3, -0.25) is 4.79 Å². The van der Waals surface area contributed by atoms with Crippen molar-refractivity contribution >= 4 is 33.3 Å². The number of thiophene rings is 1. The Morgan fingerprint density at radius 3 is 2.86 bits per heavy atom. The van der Waals surface area contributed by atoms with Crippen molar-refractivity contribution in [3.05, 3.63) is 16.8 Å². The second-order valence-electron chi connectivity index (χ2n) is 7.93. The lowest BCUT2D eigenvalue weighted by Gasteiger charge is -2.35. The summed E-state index contributed by atoms with van der Waals surface area (Å²) in [5.41, 5.74) is 0.972. The number of likely N-dealkylation sites (tertiary alicyclic amines) is 1. The molecule has 0 aromatic carbocycles. The van der Waals surface area contributed by atoms with Crippen LogP contribution in [0.5, 0.6) is 0 Å². The molecule has 0 radical (unpaired) electrons. The Labute approximate surface area is 170 Å². The first-order valence-electron chi connectivity index (χ1n) is 10.1. The molecule has 0 saturated carbocycles. The van der Waals surface area contributed by atoms with Gasteiger partial charge < -0.3 is 19.9 Å². The third-order valence-corrected chi connectivity index (χ3v) is 7.19. The van der Waals surface area contributed by atoms with Crippen LogP contribution < -0.4 is 5.32 Å². The Bertz CT molecular complexity index is 840. The molecule has 0 bridgehead atoms. The van der Waals surface area contributed by atoms with Gasteiger partial charge in [-0.2, -0.15) is 0 Å². The van der Waals surface area contributed by atoms with Crippen molar-refractivity contribution in [2.75, 3.05) is 45.7 Å². The van der Waals surface area contributed by atoms with E-state index in [-0.39, 0.29) is 12.0 Å². The number of amides is 1. The Hall–Kier alpha value is -1.77. The average molecular weight is 404 g/mol. The van der Waals surface area contributed by atoms with Crippen LogP contribution in [0.4, 0.5) is 5.82 Å². The zero-order valence-corrected chi connectivity index (χ0v) is 17.7. The monoisotopic (exact) mass is 403 g/mol. The third-order valence-electron chi connectivity index (χ3n) is 6.00. The highest BCUT2D eigenvalue weighted by Gasteiger charge is 2.28. The average Bonchev–Trinajstić information content (AvgIpc) is 3.34. The highest BCUT2D eigenvalue weighted by molar-refractivity contribution is 7.20. The van der Waals surface area contributed by atoms with Crippen LogP contribution in [0.3, 0.4) is 0 Å². The van der Waals surface area contributed by atoms with Crippen molar-refractivity contribution in [1.82, 2.24) is 19.8 Å². The predicted octanol–water partition coefficient (Wildman–Crippen LogP) is 2.76. The maximum atomic E-state index is 13.2. The smallest absolute Gasteiger partial charge is 0.264 e. The molecular formula is C20H29N5O2S. The molecule has 1 amide bonds. The summed E-state index contributed by atoms with van der Waals surface area (Å²) in [6, 6.07) is 0.302. The minimum atomic E-state index is 0.0973. The van der Waals surface area contributed by atoms with E-state index in [1.165, 1.54) is 11.3 Å². The first kappa shape index (κ1) is 19.5. The number of rotatable bonds is 5. The zero-order chi connectivity index (χ0) is 19.7. The molecule has 2 aromatic rings. The summed E-state index contributed by atoms with van der Waals surface area (Å²) in [6.07, 6.45) is 6.05. The third kappa shape index (κ3) is 3.86. The van der Waals surface area contributed by atoms with Crippen LogP contribution in [0.15, 0.2) is 6.33 Å². The van der Waals surface area contributed by atoms with E-state index in [4.69, 9.17) is 4.74 Å². The maximum Gasteiger partial charge on any atom is 0.264 e. The molecule has 28 heavy (non-hydrogen) atoms. The lowest BCUT2D eigenvalue weighted by Crippen LogP contribution is -2.44. The molecule has 152 valence electrons. The van der Waals surface area contributed by atoms with Crippen LogP contribution in [-0.4, -0.2) is 78.2 Å². The summed E-state index contributed by atoms with van der Waals surface area (Å²) in [6.45, 7) is 5.66. The van der Waals surface area contributed by atoms with Crippen molar-refractivity contribution in [2.45, 2.75) is 44.8 Å². The minimum Gasteiger partial charge on any atom is -0.376 e. The van der Waals surface area contributed by atoms with E-state index >= 15 is 0 Å². The van der Waals surface area contributed by atoms with Crippen LogP contribution >= 0.6 is 11.3 Å². The molecule has 1 atom stereocenters. The molecule has 0 spiro atoms. The number of carbonyl (C=O) groups excluding carboxylic acids is 1. The van der Waals surface area contributed by atoms with Crippen LogP contribution in [0.25, 0.3) is 10.2 Å². The number of hydrogen-bond donors (Lipinski definition) is 1. The van der Waals surface area contributed by atoms with Gasteiger partial charge in [0.1, 0.15) is 17.0 Å². The minimum absolute atomic E-state index is 0.0973. The van der Waals surface area contributed by atoms with Crippen LogP contribution in [0.1, 0.15) is 40.9 Å². The summed E-state index contributed by atoms with van der Waals surface area (Å²) in [5.74, 6) is 0.898. The fourth-order valence-electron chi connectivity index (χ4n) is 4.13. The number of fused-ring (bicyclic) bond motifs is 1. The number of nitrogens with zero attached hydrogens (tertiary/aromatic N) is 4. The largest absolute Gasteiger partial charge is 0.376 e. The first-order valence-corrected chi connectivity index (χ1v) is 10.9. The van der Waals surface area contributed by atoms with Crippen LogP contribution in [-0.2, 0) is 4.74 Å². The summed E-state index contributed by atoms with van der Waals surface area (Å²) in [5, 5.41) is 4.38. The Morgan fingerprint density at radius 2 is 2.14 bits per heavy atom. The van der Waals surface area contributed by atoms with Gasteiger partial charge in [0.2, 0.25) is 0 Å². The molecule has 2 fully saturated rings. The van der Waals surface area contributed by atoms with Gasteiger partial charge in [0.25, 0.3) is 5.91 Å². The SMILES string of the molecule is Cc1c(C(=O)N(C)C2CCN(C)CC2)sc2ncnc(NCC3CCCO3)c12. The van der Waals surface area contributed by atoms with Gasteiger partial charge in [-0.25, -0.2) is 9.97 Å². The van der Waals surface area contributed by atoms with Gasteiger partial charge in [0, 0.05) is 26.2 Å². The summed E-state index contributed by atoms with van der Waals surface area (Å²) >= 11 is 1.47. The first-order chi connectivity index (χ1) is 13.5. The molecule has 4 rings (SSSR count). The second-order valence-corrected chi connectivity index (χ2v) is 8.92. The lowest BCUT2D eigenvalue weighted by atomic mass is 10.0. The number of carbonyl (C=O) groups is 1. The molecule has 2 aliphatic heterocycles. The number of anilines is 1. The fraction of sp³-hybridized carbons (Fsp3) is 0.650. The normalized spacial score (nSPS) is 21.3. The molecule has 0 aliphatic carbocycles. The molecule has 2 saturated heterocycles. The van der Waals surface area contributed by atoms with Gasteiger partial charge in [0.15, 0.2) is 0 Å². The molecule has 2 aliphatic rings. The van der Waals surface area contributed by atoms with Gasteiger partial charge in [-0.15, -0.1) is 11.3 Å². The highest BCUT2D eigenvalue weighted by atomic mass is 32.1. The quantitative estimate of drug-likeness (QED) is 0.828. The number of aryl methyl sites for hydroxylation is 1. The van der Waals surface area contributed by atoms with Crippen molar-refractivity contribution in [1.29, 1.82) is 0 Å². The van der Waals surface area contributed by atoms with Gasteiger partial charge in [-0.05, 0) is 58.3 Å². The highest BCUT2D eigenvalue weighted by Crippen LogP contribution is 2.34. The number of piperidine rings is 1. The fourth-order valence-corrected chi connectivity index (χ4v) is 5.27. The lowest BCUT2D eigenvalue weighted by molar-refractivity contribution is 0.0664. The van der Waals surface area contributed by atoms with Crippen molar-refractivity contribution in [3.8, 4) is 0 Å². The number of aromatic nitrogens is 2. The Morgan fingerprint density at radius 1 is 1.36 bits per heavy atom. The van der Waals surface area contributed by atoms with E-state index in [2.05, 4.69) is 27.2 Å². The Balaban J connectivity index is 1.55. The standard InChI is InChI=1S/C20H29N5O2S/c1-13-16-18(21-11-15-5-4-10-27-15)22-12-23-19(16)28-17(13)20(26)25(3)14-6-8-24(2)9-7-14/h12,14-15H,4-11H2,1-3H3,(H,21,22,23). The molecule has 2 aromatic heterocycles. The molecule has 1 unspecified atom stereocenters. The molecule has 1 N–H and O–H groups in total. The van der Waals surface area contributed by atoms with E-state index in [9.17, 15) is 4.79 Å². The van der Waals surface area contributed by atoms with Crippen molar-refractivity contribution in [2.24, 2.45) is 0 Å². The van der Waals surface area contributed by atoms with Gasteiger partial charge in [0.05, 0.1) is 16.4 Å². The van der Waals surface area contributed by atoms with Crippen molar-refractivity contribution < 1.29 is 9.53 Å². The van der Waals surface area contributed by atoms with Gasteiger partial charge >= 0.3 is 0 Å². The number of ether oxygens (including phenoxy) is 1. The predicted molar refractivity (Wildman–Crippen MR) is 112 cm³/mol. The van der Waals surface area contributed by atoms with E-state index in [0.29, 0.717) is 6.04 Å². The van der Waals surface area contributed by atoms with Crippen molar-refractivity contribution in [3.63, 3.8) is 0 Å². The summed E-state index contributed by atoms with van der Waals surface area (Å²) < 4.78 is 5.70. The molecule has 8 heteroatoms. The van der Waals surface area contributed by atoms with E-state index in [0.717, 1.165) is 78.4 Å². The van der Waals surface area contributed by atoms with Crippen LogP contribution in [0, 0.1) is 6.92 Å². The second kappa shape index (κ2) is 8.31. The molecule has 7 nitrogen and oxygen atoms in total. The number of nitrogens with one attached hydrogen (secondary N) is 1. The summed E-state index contributed by atoms with van der Waals surface area (Å²) in [4.78, 5) is 28.0. The Kier molecular flexibility index (Phi) is 5.80. The molecule has 4 heterocycles. The summed E-state index contributed by atoms with van der Waals surface area (Å²) in [7, 11) is 4.07. The van der Waals surface area contributed by atoms with Gasteiger partial charge in [-0.1, -0.05) is 0 Å². The van der Waals surface area contributed by atoms with E-state index in [1.807, 2.05) is 18.9 Å². The van der Waals surface area contributed by atoms with E-state index in [1.54, 1.807) is 6.33 Å².